The second-order valence-corrected chi connectivity index (χ2v) is 9.75. The highest BCUT2D eigenvalue weighted by molar-refractivity contribution is 5.98. The predicted molar refractivity (Wildman–Crippen MR) is 143 cm³/mol. The van der Waals surface area contributed by atoms with E-state index in [0.717, 1.165) is 64.8 Å². The van der Waals surface area contributed by atoms with Crippen LogP contribution in [0.2, 0.25) is 0 Å². The molecule has 0 aliphatic carbocycles. The maximum absolute atomic E-state index is 13.1. The molecule has 2 aromatic heterocycles. The molecular formula is C30H32N4O. The molecule has 5 heteroatoms. The van der Waals surface area contributed by atoms with Crippen LogP contribution in [-0.2, 0) is 6.42 Å². The molecule has 0 radical (unpaired) electrons. The number of pyridine rings is 2. The molecule has 0 unspecified atom stereocenters. The van der Waals surface area contributed by atoms with E-state index in [1.807, 2.05) is 36.8 Å². The van der Waals surface area contributed by atoms with Crippen LogP contribution in [0.15, 0.2) is 73.2 Å². The van der Waals surface area contributed by atoms with Crippen LogP contribution in [0.3, 0.4) is 0 Å². The van der Waals surface area contributed by atoms with E-state index in [9.17, 15) is 4.79 Å². The summed E-state index contributed by atoms with van der Waals surface area (Å²) in [5.41, 5.74) is 6.00. The largest absolute Gasteiger partial charge is 0.382 e. The van der Waals surface area contributed by atoms with Crippen molar-refractivity contribution in [1.29, 1.82) is 0 Å². The van der Waals surface area contributed by atoms with E-state index >= 15 is 0 Å². The minimum absolute atomic E-state index is 0.112. The third-order valence-corrected chi connectivity index (χ3v) is 6.67. The number of nitrogens with one attached hydrogen (secondary N) is 2. The molecule has 1 aliphatic heterocycles. The molecule has 35 heavy (non-hydrogen) atoms. The number of fused-ring (bicyclic) bond motifs is 1. The summed E-state index contributed by atoms with van der Waals surface area (Å²) >= 11 is 0. The van der Waals surface area contributed by atoms with Crippen molar-refractivity contribution in [3.05, 3.63) is 90.0 Å². The Hall–Kier alpha value is -3.57. The van der Waals surface area contributed by atoms with Gasteiger partial charge in [-0.3, -0.25) is 14.8 Å². The van der Waals surface area contributed by atoms with Gasteiger partial charge in [0.15, 0.2) is 5.78 Å². The number of hydrogen-bond donors (Lipinski definition) is 2. The summed E-state index contributed by atoms with van der Waals surface area (Å²) in [6.45, 7) is 6.31. The van der Waals surface area contributed by atoms with E-state index in [2.05, 4.69) is 70.8 Å². The van der Waals surface area contributed by atoms with Gasteiger partial charge in [0.05, 0.1) is 12.1 Å². The van der Waals surface area contributed by atoms with Crippen LogP contribution in [0.5, 0.6) is 0 Å². The van der Waals surface area contributed by atoms with Crippen LogP contribution in [0, 0.1) is 0 Å². The van der Waals surface area contributed by atoms with Crippen molar-refractivity contribution in [3.63, 3.8) is 0 Å². The number of aromatic nitrogens is 2. The van der Waals surface area contributed by atoms with Crippen LogP contribution in [0.25, 0.3) is 21.9 Å². The molecule has 5 rings (SSSR count). The molecule has 0 saturated carbocycles. The summed E-state index contributed by atoms with van der Waals surface area (Å²) in [7, 11) is 0. The molecule has 3 heterocycles. The molecule has 0 amide bonds. The van der Waals surface area contributed by atoms with Crippen molar-refractivity contribution in [3.8, 4) is 11.1 Å². The van der Waals surface area contributed by atoms with Gasteiger partial charge >= 0.3 is 0 Å². The Balaban J connectivity index is 1.36. The van der Waals surface area contributed by atoms with Crippen LogP contribution >= 0.6 is 0 Å². The van der Waals surface area contributed by atoms with Gasteiger partial charge in [-0.15, -0.1) is 0 Å². The molecule has 2 N–H and O–H groups in total. The molecule has 2 aromatic carbocycles. The molecule has 1 saturated heterocycles. The number of Topliss-reactive ketones (excluding diaryl/α,β-unsaturated/α-hetero) is 1. The van der Waals surface area contributed by atoms with Gasteiger partial charge in [-0.1, -0.05) is 30.3 Å². The van der Waals surface area contributed by atoms with Crippen molar-refractivity contribution in [2.24, 2.45) is 0 Å². The Morgan fingerprint density at radius 1 is 0.971 bits per heavy atom. The Labute approximate surface area is 207 Å². The van der Waals surface area contributed by atoms with Gasteiger partial charge in [-0.2, -0.15) is 0 Å². The smallest absolute Gasteiger partial charge is 0.168 e. The highest BCUT2D eigenvalue weighted by Gasteiger charge is 2.17. The maximum Gasteiger partial charge on any atom is 0.168 e. The topological polar surface area (TPSA) is 66.9 Å². The van der Waals surface area contributed by atoms with Gasteiger partial charge in [0, 0.05) is 46.8 Å². The normalized spacial score (nSPS) is 14.4. The predicted octanol–water partition coefficient (Wildman–Crippen LogP) is 6.01. The van der Waals surface area contributed by atoms with Crippen molar-refractivity contribution in [2.75, 3.05) is 18.4 Å². The lowest BCUT2D eigenvalue weighted by Gasteiger charge is -2.23. The zero-order valence-electron chi connectivity index (χ0n) is 20.4. The Morgan fingerprint density at radius 3 is 2.66 bits per heavy atom. The molecular weight excluding hydrogens is 432 g/mol. The van der Waals surface area contributed by atoms with E-state index in [1.165, 1.54) is 5.56 Å². The van der Waals surface area contributed by atoms with Crippen LogP contribution in [-0.4, -0.2) is 34.9 Å². The molecule has 0 atom stereocenters. The van der Waals surface area contributed by atoms with Crippen molar-refractivity contribution in [1.82, 2.24) is 15.3 Å². The Morgan fingerprint density at radius 2 is 1.83 bits per heavy atom. The number of carbonyl (C=O) groups is 1. The molecule has 178 valence electrons. The van der Waals surface area contributed by atoms with Crippen LogP contribution in [0.4, 0.5) is 5.69 Å². The third kappa shape index (κ3) is 5.57. The van der Waals surface area contributed by atoms with Gasteiger partial charge in [0.2, 0.25) is 0 Å². The van der Waals surface area contributed by atoms with Gasteiger partial charge in [0.1, 0.15) is 0 Å². The summed E-state index contributed by atoms with van der Waals surface area (Å²) in [5.74, 6) is 0.644. The Kier molecular flexibility index (Phi) is 6.87. The average Bonchev–Trinajstić information content (AvgIpc) is 2.88. The SMILES string of the molecule is CC(C)Nc1cncc(-c2ccc3cnc(CC(=O)c4cccc(C5CCNCC5)c4)cc3c2)c1. The Bertz CT molecular complexity index is 1340. The molecule has 0 bridgehead atoms. The van der Waals surface area contributed by atoms with E-state index in [4.69, 9.17) is 0 Å². The highest BCUT2D eigenvalue weighted by atomic mass is 16.1. The van der Waals surface area contributed by atoms with Crippen molar-refractivity contribution < 1.29 is 4.79 Å². The van der Waals surface area contributed by atoms with Crippen molar-refractivity contribution >= 4 is 22.2 Å². The highest BCUT2D eigenvalue weighted by Crippen LogP contribution is 2.28. The zero-order valence-corrected chi connectivity index (χ0v) is 20.4. The summed E-state index contributed by atoms with van der Waals surface area (Å²) in [5, 5.41) is 8.95. The van der Waals surface area contributed by atoms with Gasteiger partial charge in [0.25, 0.3) is 0 Å². The summed E-state index contributed by atoms with van der Waals surface area (Å²) in [6, 6.07) is 19.0. The number of carbonyl (C=O) groups excluding carboxylic acids is 1. The van der Waals surface area contributed by atoms with E-state index in [0.29, 0.717) is 18.4 Å². The number of benzene rings is 2. The number of piperidine rings is 1. The van der Waals surface area contributed by atoms with Crippen LogP contribution < -0.4 is 10.6 Å². The fraction of sp³-hybridized carbons (Fsp3) is 0.300. The first-order chi connectivity index (χ1) is 17.0. The van der Waals surface area contributed by atoms with E-state index in [1.54, 1.807) is 0 Å². The molecule has 5 nitrogen and oxygen atoms in total. The lowest BCUT2D eigenvalue weighted by atomic mass is 9.88. The molecule has 0 spiro atoms. The van der Waals surface area contributed by atoms with Gasteiger partial charge < -0.3 is 10.6 Å². The second kappa shape index (κ2) is 10.4. The summed E-state index contributed by atoms with van der Waals surface area (Å²) in [6.07, 6.45) is 8.13. The number of nitrogens with zero attached hydrogens (tertiary/aromatic N) is 2. The minimum atomic E-state index is 0.112. The molecule has 1 fully saturated rings. The fourth-order valence-electron chi connectivity index (χ4n) is 4.86. The monoisotopic (exact) mass is 464 g/mol. The fourth-order valence-corrected chi connectivity index (χ4v) is 4.86. The first-order valence-electron chi connectivity index (χ1n) is 12.5. The summed E-state index contributed by atoms with van der Waals surface area (Å²) < 4.78 is 0. The standard InChI is InChI=1S/C30H32N4O/c1-20(2)34-29-15-27(17-32-19-29)23-6-7-25-18-33-28(14-26(25)13-23)16-30(35)24-5-3-4-22(12-24)21-8-10-31-11-9-21/h3-7,12-15,17-21,31,34H,8-11,16H2,1-2H3. The van der Waals surface area contributed by atoms with Gasteiger partial charge in [-0.05, 0) is 86.5 Å². The average molecular weight is 465 g/mol. The third-order valence-electron chi connectivity index (χ3n) is 6.67. The number of anilines is 1. The zero-order chi connectivity index (χ0) is 24.2. The summed E-state index contributed by atoms with van der Waals surface area (Å²) in [4.78, 5) is 22.1. The quantitative estimate of drug-likeness (QED) is 0.328. The van der Waals surface area contributed by atoms with E-state index in [-0.39, 0.29) is 5.78 Å². The first-order valence-corrected chi connectivity index (χ1v) is 12.5. The van der Waals surface area contributed by atoms with Crippen LogP contribution in [0.1, 0.15) is 54.2 Å². The maximum atomic E-state index is 13.1. The van der Waals surface area contributed by atoms with Crippen molar-refractivity contribution in [2.45, 2.75) is 45.1 Å². The number of ketones is 1. The second-order valence-electron chi connectivity index (χ2n) is 9.75. The van der Waals surface area contributed by atoms with Gasteiger partial charge in [-0.25, -0.2) is 0 Å². The molecule has 4 aromatic rings. The number of rotatable bonds is 7. The number of hydrogen-bond acceptors (Lipinski definition) is 5. The lowest BCUT2D eigenvalue weighted by Crippen LogP contribution is -2.26. The first kappa shape index (κ1) is 23.2. The van der Waals surface area contributed by atoms with E-state index < -0.39 is 0 Å². The molecule has 1 aliphatic rings. The minimum Gasteiger partial charge on any atom is -0.382 e. The lowest BCUT2D eigenvalue weighted by molar-refractivity contribution is 0.0992.